The molecule has 11 nitrogen and oxygen atoms in total. The number of amides is 1. The number of carboxylic acid groups (broad SMARTS) is 1. The highest BCUT2D eigenvalue weighted by Crippen LogP contribution is 2.33. The van der Waals surface area contributed by atoms with E-state index in [0.29, 0.717) is 24.3 Å². The van der Waals surface area contributed by atoms with Crippen LogP contribution in [0, 0.1) is 39.3 Å². The summed E-state index contributed by atoms with van der Waals surface area (Å²) >= 11 is 0. The van der Waals surface area contributed by atoms with Gasteiger partial charge in [0.2, 0.25) is 5.91 Å². The van der Waals surface area contributed by atoms with E-state index in [-0.39, 0.29) is 34.0 Å². The van der Waals surface area contributed by atoms with Crippen molar-refractivity contribution in [2.24, 2.45) is 0 Å². The predicted molar refractivity (Wildman–Crippen MR) is 242 cm³/mol. The van der Waals surface area contributed by atoms with Gasteiger partial charge < -0.3 is 35.5 Å². The molecule has 0 unspecified atom stereocenters. The van der Waals surface area contributed by atoms with E-state index in [2.05, 4.69) is 16.0 Å². The smallest absolute Gasteiger partial charge is 0.312 e. The van der Waals surface area contributed by atoms with Gasteiger partial charge >= 0.3 is 5.97 Å². The largest absolute Gasteiger partial charge is 0.507 e. The van der Waals surface area contributed by atoms with Gasteiger partial charge in [0.25, 0.3) is 0 Å². The number of nitrogens with one attached hydrogen (secondary N) is 1. The number of phenols is 2. The Morgan fingerprint density at radius 1 is 0.578 bits per heavy atom. The molecule has 1 amide bonds. The van der Waals surface area contributed by atoms with Crippen LogP contribution in [0.4, 0.5) is 20.2 Å². The molecular formula is C51H44F2N4O7. The Morgan fingerprint density at radius 2 is 1.02 bits per heavy atom. The minimum absolute atomic E-state index is 0.0995. The number of ketones is 2. The fraction of sp³-hybridized carbons (Fsp3) is 0.137. The molecule has 13 heteroatoms. The van der Waals surface area contributed by atoms with Gasteiger partial charge in [-0.15, -0.1) is 0 Å². The Labute approximate surface area is 366 Å². The van der Waals surface area contributed by atoms with Crippen molar-refractivity contribution in [2.45, 2.75) is 47.2 Å². The zero-order valence-corrected chi connectivity index (χ0v) is 35.4. The molecule has 64 heavy (non-hydrogen) atoms. The first kappa shape index (κ1) is 44.0. The quantitative estimate of drug-likeness (QED) is 0.0485. The molecule has 0 saturated heterocycles. The molecule has 0 aliphatic heterocycles. The molecule has 8 rings (SSSR count). The van der Waals surface area contributed by atoms with Gasteiger partial charge in [-0.25, -0.2) is 8.78 Å². The molecule has 0 spiro atoms. The maximum absolute atomic E-state index is 13.2. The fourth-order valence-electron chi connectivity index (χ4n) is 7.84. The molecule has 2 heterocycles. The van der Waals surface area contributed by atoms with E-state index in [1.54, 1.807) is 30.3 Å². The number of benzene rings is 6. The summed E-state index contributed by atoms with van der Waals surface area (Å²) in [5.74, 6) is -3.73. The third kappa shape index (κ3) is 9.24. The number of aryl methyl sites for hydroxylation is 4. The average molecular weight is 863 g/mol. The normalized spacial score (nSPS) is 11.0. The second kappa shape index (κ2) is 18.1. The molecule has 8 aromatic rings. The minimum Gasteiger partial charge on any atom is -0.507 e. The Morgan fingerprint density at radius 3 is 1.48 bits per heavy atom. The SMILES string of the molecule is Cc1ccc(N)c2cc(C)n(Cc3ccc(O)c(C(=O)c4ccc(F)cc4)c3)c12.Cc1ccc(NC(=O)CC(=O)O)c2cc(C)n(Cc3ccc(O)c(C(=O)c4ccc(F)cc4)c3)c12. The summed E-state index contributed by atoms with van der Waals surface area (Å²) in [6.45, 7) is 8.81. The van der Waals surface area contributed by atoms with Gasteiger partial charge in [0, 0.05) is 52.1 Å². The third-order valence-electron chi connectivity index (χ3n) is 11.1. The summed E-state index contributed by atoms with van der Waals surface area (Å²) in [6, 6.07) is 31.7. The number of nitrogens with zero attached hydrogens (tertiary/aromatic N) is 2. The second-order valence-electron chi connectivity index (χ2n) is 15.7. The lowest BCUT2D eigenvalue weighted by Crippen LogP contribution is -2.16. The first-order chi connectivity index (χ1) is 30.5. The van der Waals surface area contributed by atoms with Crippen LogP contribution < -0.4 is 11.1 Å². The number of nitrogens with two attached hydrogens (primary N) is 1. The second-order valence-corrected chi connectivity index (χ2v) is 15.7. The highest BCUT2D eigenvalue weighted by molar-refractivity contribution is 6.11. The highest BCUT2D eigenvalue weighted by atomic mass is 19.1. The average Bonchev–Trinajstić information content (AvgIpc) is 3.78. The topological polar surface area (TPSA) is 177 Å². The van der Waals surface area contributed by atoms with E-state index >= 15 is 0 Å². The highest BCUT2D eigenvalue weighted by Gasteiger charge is 2.20. The number of carboxylic acids is 1. The predicted octanol–water partition coefficient (Wildman–Crippen LogP) is 9.76. The maximum atomic E-state index is 13.2. The van der Waals surface area contributed by atoms with E-state index in [1.165, 1.54) is 60.7 Å². The van der Waals surface area contributed by atoms with Crippen molar-refractivity contribution in [1.82, 2.24) is 9.13 Å². The summed E-state index contributed by atoms with van der Waals surface area (Å²) in [5, 5.41) is 33.9. The lowest BCUT2D eigenvalue weighted by atomic mass is 10.00. The number of aromatic hydroxyl groups is 2. The van der Waals surface area contributed by atoms with Crippen molar-refractivity contribution in [3.8, 4) is 11.5 Å². The molecule has 6 N–H and O–H groups in total. The fourth-order valence-corrected chi connectivity index (χ4v) is 7.84. The van der Waals surface area contributed by atoms with Crippen molar-refractivity contribution in [3.63, 3.8) is 0 Å². The van der Waals surface area contributed by atoms with Crippen LogP contribution in [0.5, 0.6) is 11.5 Å². The summed E-state index contributed by atoms with van der Waals surface area (Å²) in [7, 11) is 0. The number of phenolic OH excluding ortho intramolecular Hbond substituents is 2. The Kier molecular flexibility index (Phi) is 12.5. The first-order valence-corrected chi connectivity index (χ1v) is 20.2. The Bertz CT molecular complexity index is 3130. The van der Waals surface area contributed by atoms with Crippen molar-refractivity contribution in [2.75, 3.05) is 11.1 Å². The summed E-state index contributed by atoms with van der Waals surface area (Å²) in [5.41, 5.74) is 15.8. The molecule has 0 saturated carbocycles. The zero-order valence-electron chi connectivity index (χ0n) is 35.4. The number of hydrogen-bond donors (Lipinski definition) is 5. The third-order valence-corrected chi connectivity index (χ3v) is 11.1. The van der Waals surface area contributed by atoms with Crippen molar-refractivity contribution in [1.29, 1.82) is 0 Å². The van der Waals surface area contributed by atoms with Crippen LogP contribution in [0.1, 0.15) is 71.9 Å². The van der Waals surface area contributed by atoms with Gasteiger partial charge in [0.1, 0.15) is 29.6 Å². The van der Waals surface area contributed by atoms with Gasteiger partial charge in [-0.1, -0.05) is 24.3 Å². The molecule has 0 aliphatic rings. The number of nitrogen functional groups attached to an aromatic ring is 1. The van der Waals surface area contributed by atoms with Crippen LogP contribution >= 0.6 is 0 Å². The van der Waals surface area contributed by atoms with Crippen LogP contribution in [-0.2, 0) is 22.7 Å². The number of aliphatic carboxylic acids is 1. The van der Waals surface area contributed by atoms with Crippen LogP contribution in [0.2, 0.25) is 0 Å². The van der Waals surface area contributed by atoms with Gasteiger partial charge in [-0.05, 0) is 147 Å². The number of rotatable bonds is 11. The molecule has 0 radical (unpaired) electrons. The molecule has 2 aromatic heterocycles. The van der Waals surface area contributed by atoms with Crippen molar-refractivity contribution in [3.05, 3.63) is 189 Å². The van der Waals surface area contributed by atoms with Gasteiger partial charge in [0.15, 0.2) is 11.6 Å². The number of halogens is 2. The Hall–Kier alpha value is -8.06. The van der Waals surface area contributed by atoms with Gasteiger partial charge in [0.05, 0.1) is 27.8 Å². The lowest BCUT2D eigenvalue weighted by Gasteiger charge is -2.13. The van der Waals surface area contributed by atoms with Crippen LogP contribution in [0.15, 0.2) is 121 Å². The number of hydrogen-bond acceptors (Lipinski definition) is 7. The number of carbonyl (C=O) groups is 4. The Balaban J connectivity index is 0.000000195. The zero-order chi connectivity index (χ0) is 46.0. The van der Waals surface area contributed by atoms with Crippen molar-refractivity contribution >= 4 is 56.6 Å². The number of carbonyl (C=O) groups excluding carboxylic acids is 3. The summed E-state index contributed by atoms with van der Waals surface area (Å²) in [6.07, 6.45) is -0.632. The van der Waals surface area contributed by atoms with Crippen molar-refractivity contribution < 1.29 is 43.3 Å². The number of fused-ring (bicyclic) bond motifs is 2. The maximum Gasteiger partial charge on any atom is 0.312 e. The number of aromatic nitrogens is 2. The van der Waals surface area contributed by atoms with Crippen LogP contribution in [-0.4, -0.2) is 47.9 Å². The lowest BCUT2D eigenvalue weighted by molar-refractivity contribution is -0.139. The van der Waals surface area contributed by atoms with Crippen LogP contribution in [0.3, 0.4) is 0 Å². The molecule has 324 valence electrons. The molecule has 0 atom stereocenters. The van der Waals surface area contributed by atoms with Crippen LogP contribution in [0.25, 0.3) is 21.8 Å². The van der Waals surface area contributed by atoms with E-state index in [4.69, 9.17) is 10.8 Å². The van der Waals surface area contributed by atoms with E-state index in [0.717, 1.165) is 61.1 Å². The van der Waals surface area contributed by atoms with E-state index in [1.807, 2.05) is 56.5 Å². The molecule has 6 aromatic carbocycles. The monoisotopic (exact) mass is 862 g/mol. The summed E-state index contributed by atoms with van der Waals surface area (Å²) in [4.78, 5) is 48.6. The van der Waals surface area contributed by atoms with E-state index in [9.17, 15) is 38.2 Å². The molecule has 0 fully saturated rings. The standard InChI is InChI=1S/C27H23FN2O5.C24H21FN2O2/c1-15-3-9-22(29-24(32)13-25(33)34)20-11-16(2)30(26(15)20)14-17-4-10-23(31)21(12-17)27(35)18-5-7-19(28)8-6-18;1-14-3-9-21(26)19-11-15(2)27(23(14)19)13-16-4-10-22(28)20(12-16)24(29)17-5-7-18(25)8-6-17/h3-12,31H,13-14H2,1-2H3,(H,29,32)(H,33,34);3-12,28H,13,26H2,1-2H3. The summed E-state index contributed by atoms with van der Waals surface area (Å²) < 4.78 is 30.6. The minimum atomic E-state index is -1.21. The molecule has 0 bridgehead atoms. The molecule has 0 aliphatic carbocycles. The first-order valence-electron chi connectivity index (χ1n) is 20.2. The molecular weight excluding hydrogens is 819 g/mol. The number of anilines is 2. The van der Waals surface area contributed by atoms with Gasteiger partial charge in [-0.2, -0.15) is 0 Å². The van der Waals surface area contributed by atoms with E-state index < -0.39 is 35.7 Å². The van der Waals surface area contributed by atoms with Gasteiger partial charge in [-0.3, -0.25) is 19.2 Å².